The first kappa shape index (κ1) is 19.4. The minimum atomic E-state index is 0.125. The van der Waals surface area contributed by atoms with E-state index >= 15 is 0 Å². The van der Waals surface area contributed by atoms with Crippen LogP contribution in [0.3, 0.4) is 0 Å². The molecule has 1 fully saturated rings. The van der Waals surface area contributed by atoms with Crippen LogP contribution in [-0.4, -0.2) is 57.3 Å². The number of fused-ring (bicyclic) bond motifs is 1. The van der Waals surface area contributed by atoms with Gasteiger partial charge in [-0.1, -0.05) is 13.0 Å². The lowest BCUT2D eigenvalue weighted by Crippen LogP contribution is -2.37. The maximum atomic E-state index is 12.8. The van der Waals surface area contributed by atoms with E-state index in [9.17, 15) is 9.59 Å². The highest BCUT2D eigenvalue weighted by molar-refractivity contribution is 5.82. The predicted molar refractivity (Wildman–Crippen MR) is 107 cm³/mol. The van der Waals surface area contributed by atoms with Gasteiger partial charge in [0.15, 0.2) is 0 Å². The third kappa shape index (κ3) is 4.15. The van der Waals surface area contributed by atoms with Crippen molar-refractivity contribution >= 4 is 22.8 Å². The quantitative estimate of drug-likeness (QED) is 0.831. The number of amides is 2. The third-order valence-electron chi connectivity index (χ3n) is 5.31. The van der Waals surface area contributed by atoms with Crippen LogP contribution in [0.4, 0.5) is 0 Å². The lowest BCUT2D eigenvalue weighted by Gasteiger charge is -2.22. The fourth-order valence-electron chi connectivity index (χ4n) is 3.95. The van der Waals surface area contributed by atoms with Gasteiger partial charge in [-0.3, -0.25) is 9.59 Å². The van der Waals surface area contributed by atoms with Crippen LogP contribution in [0.15, 0.2) is 18.2 Å². The molecule has 146 valence electrons. The number of aryl methyl sites for hydroxylation is 1. The molecule has 0 spiro atoms. The molecule has 0 bridgehead atoms. The van der Waals surface area contributed by atoms with Crippen molar-refractivity contribution in [1.82, 2.24) is 19.4 Å². The Morgan fingerprint density at radius 3 is 2.37 bits per heavy atom. The van der Waals surface area contributed by atoms with Gasteiger partial charge in [-0.2, -0.15) is 0 Å². The Bertz CT molecular complexity index is 840. The molecule has 0 aliphatic carbocycles. The summed E-state index contributed by atoms with van der Waals surface area (Å²) in [4.78, 5) is 33.1. The number of carbonyl (C=O) groups excluding carboxylic acids is 2. The van der Waals surface area contributed by atoms with E-state index in [4.69, 9.17) is 0 Å². The van der Waals surface area contributed by atoms with Crippen molar-refractivity contribution < 1.29 is 9.59 Å². The van der Waals surface area contributed by atoms with Crippen LogP contribution in [0.25, 0.3) is 11.0 Å². The summed E-state index contributed by atoms with van der Waals surface area (Å²) in [6, 6.07) is 6.49. The first-order valence-corrected chi connectivity index (χ1v) is 9.93. The van der Waals surface area contributed by atoms with Crippen LogP contribution >= 0.6 is 0 Å². The Morgan fingerprint density at radius 2 is 1.74 bits per heavy atom. The SMILES string of the molecule is CCC(=O)N1CCCN(C(=O)Cc2ccc3c(c2)nc(C)n3C(C)C)CC1. The van der Waals surface area contributed by atoms with E-state index in [2.05, 4.69) is 29.5 Å². The van der Waals surface area contributed by atoms with E-state index < -0.39 is 0 Å². The summed E-state index contributed by atoms with van der Waals surface area (Å²) in [5, 5.41) is 0. The molecular formula is C21H30N4O2. The summed E-state index contributed by atoms with van der Waals surface area (Å²) in [5.41, 5.74) is 3.05. The molecule has 6 nitrogen and oxygen atoms in total. The molecule has 0 atom stereocenters. The zero-order valence-electron chi connectivity index (χ0n) is 16.9. The summed E-state index contributed by atoms with van der Waals surface area (Å²) < 4.78 is 2.22. The second-order valence-electron chi connectivity index (χ2n) is 7.59. The monoisotopic (exact) mass is 370 g/mol. The Balaban J connectivity index is 1.70. The van der Waals surface area contributed by atoms with E-state index in [-0.39, 0.29) is 11.8 Å². The standard InChI is InChI=1S/C21H30N4O2/c1-5-20(26)23-9-6-10-24(12-11-23)21(27)14-17-7-8-19-18(13-17)22-16(4)25(19)15(2)3/h7-8,13,15H,5-6,9-12,14H2,1-4H3. The fraction of sp³-hybridized carbons (Fsp3) is 0.571. The van der Waals surface area contributed by atoms with Gasteiger partial charge in [-0.05, 0) is 44.9 Å². The average Bonchev–Trinajstić information content (AvgIpc) is 2.80. The second-order valence-corrected chi connectivity index (χ2v) is 7.59. The van der Waals surface area contributed by atoms with Crippen LogP contribution < -0.4 is 0 Å². The van der Waals surface area contributed by atoms with Gasteiger partial charge in [-0.15, -0.1) is 0 Å². The molecule has 3 rings (SSSR count). The van der Waals surface area contributed by atoms with E-state index in [0.717, 1.165) is 41.9 Å². The number of hydrogen-bond donors (Lipinski definition) is 0. The molecule has 1 aromatic heterocycles. The molecule has 0 radical (unpaired) electrons. The first-order chi connectivity index (χ1) is 12.9. The molecular weight excluding hydrogens is 340 g/mol. The number of benzene rings is 1. The Hall–Kier alpha value is -2.37. The smallest absolute Gasteiger partial charge is 0.227 e. The number of aromatic nitrogens is 2. The molecule has 0 saturated carbocycles. The molecule has 0 unspecified atom stereocenters. The molecule has 1 saturated heterocycles. The Kier molecular flexibility index (Phi) is 5.82. The largest absolute Gasteiger partial charge is 0.341 e. The van der Waals surface area contributed by atoms with E-state index in [1.807, 2.05) is 35.8 Å². The lowest BCUT2D eigenvalue weighted by molar-refractivity contribution is -0.133. The molecule has 2 amide bonds. The Morgan fingerprint density at radius 1 is 1.07 bits per heavy atom. The van der Waals surface area contributed by atoms with Crippen molar-refractivity contribution in [1.29, 1.82) is 0 Å². The van der Waals surface area contributed by atoms with Crippen molar-refractivity contribution in [3.8, 4) is 0 Å². The van der Waals surface area contributed by atoms with Crippen molar-refractivity contribution in [3.63, 3.8) is 0 Å². The molecule has 1 aliphatic heterocycles. The Labute approximate surface area is 161 Å². The van der Waals surface area contributed by atoms with E-state index in [0.29, 0.717) is 32.0 Å². The summed E-state index contributed by atoms with van der Waals surface area (Å²) in [6.07, 6.45) is 1.75. The molecule has 6 heteroatoms. The van der Waals surface area contributed by atoms with Crippen molar-refractivity contribution in [2.24, 2.45) is 0 Å². The average molecular weight is 370 g/mol. The topological polar surface area (TPSA) is 58.4 Å². The van der Waals surface area contributed by atoms with E-state index in [1.54, 1.807) is 0 Å². The highest BCUT2D eigenvalue weighted by atomic mass is 16.2. The van der Waals surface area contributed by atoms with Crippen LogP contribution in [-0.2, 0) is 16.0 Å². The molecule has 1 aromatic carbocycles. The van der Waals surface area contributed by atoms with Gasteiger partial charge in [0, 0.05) is 38.6 Å². The lowest BCUT2D eigenvalue weighted by atomic mass is 10.1. The van der Waals surface area contributed by atoms with Crippen molar-refractivity contribution in [2.75, 3.05) is 26.2 Å². The number of imidazole rings is 1. The molecule has 2 heterocycles. The third-order valence-corrected chi connectivity index (χ3v) is 5.31. The summed E-state index contributed by atoms with van der Waals surface area (Å²) in [6.45, 7) is 10.9. The molecule has 0 N–H and O–H groups in total. The summed E-state index contributed by atoms with van der Waals surface area (Å²) in [5.74, 6) is 1.29. The summed E-state index contributed by atoms with van der Waals surface area (Å²) >= 11 is 0. The minimum absolute atomic E-state index is 0.125. The number of carbonyl (C=O) groups is 2. The van der Waals surface area contributed by atoms with Gasteiger partial charge in [0.05, 0.1) is 17.5 Å². The summed E-state index contributed by atoms with van der Waals surface area (Å²) in [7, 11) is 0. The number of rotatable bonds is 4. The maximum Gasteiger partial charge on any atom is 0.227 e. The van der Waals surface area contributed by atoms with Crippen LogP contribution in [0, 0.1) is 6.92 Å². The number of hydrogen-bond acceptors (Lipinski definition) is 3. The van der Waals surface area contributed by atoms with Gasteiger partial charge < -0.3 is 14.4 Å². The normalized spacial score (nSPS) is 15.4. The molecule has 2 aromatic rings. The van der Waals surface area contributed by atoms with Crippen LogP contribution in [0.2, 0.25) is 0 Å². The molecule has 27 heavy (non-hydrogen) atoms. The van der Waals surface area contributed by atoms with Crippen LogP contribution in [0.5, 0.6) is 0 Å². The predicted octanol–water partition coefficient (Wildman–Crippen LogP) is 2.94. The van der Waals surface area contributed by atoms with Gasteiger partial charge in [0.25, 0.3) is 0 Å². The van der Waals surface area contributed by atoms with Gasteiger partial charge in [0.1, 0.15) is 5.82 Å². The minimum Gasteiger partial charge on any atom is -0.341 e. The highest BCUT2D eigenvalue weighted by Gasteiger charge is 2.21. The highest BCUT2D eigenvalue weighted by Crippen LogP contribution is 2.22. The van der Waals surface area contributed by atoms with Crippen molar-refractivity contribution in [2.45, 2.75) is 53.0 Å². The maximum absolute atomic E-state index is 12.8. The van der Waals surface area contributed by atoms with Gasteiger partial charge in [0.2, 0.25) is 11.8 Å². The van der Waals surface area contributed by atoms with Gasteiger partial charge >= 0.3 is 0 Å². The zero-order chi connectivity index (χ0) is 19.6. The molecule has 1 aliphatic rings. The van der Waals surface area contributed by atoms with E-state index in [1.165, 1.54) is 0 Å². The first-order valence-electron chi connectivity index (χ1n) is 9.93. The zero-order valence-corrected chi connectivity index (χ0v) is 16.9. The van der Waals surface area contributed by atoms with Crippen molar-refractivity contribution in [3.05, 3.63) is 29.6 Å². The number of nitrogens with zero attached hydrogens (tertiary/aromatic N) is 4. The van der Waals surface area contributed by atoms with Crippen LogP contribution in [0.1, 0.15) is 51.0 Å². The van der Waals surface area contributed by atoms with Gasteiger partial charge in [-0.25, -0.2) is 4.98 Å². The fourth-order valence-corrected chi connectivity index (χ4v) is 3.95. The second kappa shape index (κ2) is 8.11.